The van der Waals surface area contributed by atoms with E-state index in [-0.39, 0.29) is 6.61 Å². The lowest BCUT2D eigenvalue weighted by molar-refractivity contribution is -0.119. The molecular formula is C18H24ClN5O3. The standard InChI is InChI=1S/C18H24ClN5O3/c1-3-16-22-17-5-4-12(9-24(17)23-16)21-8-11-6-13(19)18(14(7-11)26-2)27-10-15(20)25/h6-7,12,21H,3-5,8-10H2,1-2H3,(H2,20,25). The number of carbonyl (C=O) groups is 1. The lowest BCUT2D eigenvalue weighted by Gasteiger charge is -2.24. The van der Waals surface area contributed by atoms with Crippen molar-refractivity contribution in [3.63, 3.8) is 0 Å². The number of hydrogen-bond donors (Lipinski definition) is 2. The third-order valence-electron chi connectivity index (χ3n) is 4.46. The molecule has 3 N–H and O–H groups in total. The van der Waals surface area contributed by atoms with Crippen LogP contribution in [0.25, 0.3) is 0 Å². The maximum Gasteiger partial charge on any atom is 0.255 e. The van der Waals surface area contributed by atoms with E-state index in [0.717, 1.165) is 43.0 Å². The van der Waals surface area contributed by atoms with E-state index < -0.39 is 5.91 Å². The highest BCUT2D eigenvalue weighted by atomic mass is 35.5. The first-order valence-electron chi connectivity index (χ1n) is 8.93. The Bertz CT molecular complexity index is 824. The van der Waals surface area contributed by atoms with Crippen LogP contribution in [0.15, 0.2) is 12.1 Å². The van der Waals surface area contributed by atoms with Crippen LogP contribution >= 0.6 is 11.6 Å². The predicted molar refractivity (Wildman–Crippen MR) is 101 cm³/mol. The van der Waals surface area contributed by atoms with E-state index in [9.17, 15) is 4.79 Å². The molecule has 0 fully saturated rings. The van der Waals surface area contributed by atoms with Crippen LogP contribution in [-0.2, 0) is 30.7 Å². The van der Waals surface area contributed by atoms with Crippen LogP contribution in [-0.4, -0.2) is 40.4 Å². The first kappa shape index (κ1) is 19.4. The summed E-state index contributed by atoms with van der Waals surface area (Å²) in [6, 6.07) is 3.94. The highest BCUT2D eigenvalue weighted by Crippen LogP contribution is 2.36. The molecule has 1 unspecified atom stereocenters. The van der Waals surface area contributed by atoms with Crippen LogP contribution in [0, 0.1) is 0 Å². The van der Waals surface area contributed by atoms with E-state index in [1.165, 1.54) is 7.11 Å². The molecule has 9 heteroatoms. The first-order valence-corrected chi connectivity index (χ1v) is 9.31. The average molecular weight is 394 g/mol. The number of aryl methyl sites for hydroxylation is 2. The van der Waals surface area contributed by atoms with Crippen LogP contribution in [0.4, 0.5) is 0 Å². The Morgan fingerprint density at radius 1 is 1.48 bits per heavy atom. The van der Waals surface area contributed by atoms with Crippen molar-refractivity contribution in [3.05, 3.63) is 34.4 Å². The topological polar surface area (TPSA) is 104 Å². The molecule has 8 nitrogen and oxygen atoms in total. The number of primary amides is 1. The maximum absolute atomic E-state index is 10.9. The normalized spacial score (nSPS) is 16.0. The number of ether oxygens (including phenoxy) is 2. The summed E-state index contributed by atoms with van der Waals surface area (Å²) in [5.41, 5.74) is 6.08. The summed E-state index contributed by atoms with van der Waals surface area (Å²) in [6.45, 7) is 3.23. The number of fused-ring (bicyclic) bond motifs is 1. The fourth-order valence-corrected chi connectivity index (χ4v) is 3.39. The number of carbonyl (C=O) groups excluding carboxylic acids is 1. The van der Waals surface area contributed by atoms with Crippen molar-refractivity contribution in [3.8, 4) is 11.5 Å². The van der Waals surface area contributed by atoms with E-state index in [0.29, 0.717) is 29.1 Å². The summed E-state index contributed by atoms with van der Waals surface area (Å²) in [5.74, 6) is 2.17. The molecule has 2 aromatic rings. The van der Waals surface area contributed by atoms with Gasteiger partial charge in [0.05, 0.1) is 18.7 Å². The summed E-state index contributed by atoms with van der Waals surface area (Å²) in [7, 11) is 1.53. The van der Waals surface area contributed by atoms with Crippen molar-refractivity contribution in [1.82, 2.24) is 20.1 Å². The molecule has 146 valence electrons. The molecule has 1 aromatic heterocycles. The summed E-state index contributed by atoms with van der Waals surface area (Å²) >= 11 is 6.30. The van der Waals surface area contributed by atoms with Gasteiger partial charge in [-0.05, 0) is 24.1 Å². The van der Waals surface area contributed by atoms with E-state index in [1.807, 2.05) is 10.7 Å². The summed E-state index contributed by atoms with van der Waals surface area (Å²) in [6.07, 6.45) is 2.77. The highest BCUT2D eigenvalue weighted by Gasteiger charge is 2.21. The van der Waals surface area contributed by atoms with E-state index in [1.54, 1.807) is 6.07 Å². The van der Waals surface area contributed by atoms with Gasteiger partial charge in [-0.25, -0.2) is 9.67 Å². The van der Waals surface area contributed by atoms with Gasteiger partial charge in [-0.15, -0.1) is 0 Å². The van der Waals surface area contributed by atoms with E-state index in [2.05, 4.69) is 22.3 Å². The van der Waals surface area contributed by atoms with Crippen molar-refractivity contribution in [2.45, 2.75) is 45.3 Å². The molecule has 0 saturated carbocycles. The molecular weight excluding hydrogens is 370 g/mol. The zero-order chi connectivity index (χ0) is 19.4. The van der Waals surface area contributed by atoms with Gasteiger partial charge in [0, 0.05) is 25.4 Å². The van der Waals surface area contributed by atoms with Crippen molar-refractivity contribution in [2.75, 3.05) is 13.7 Å². The highest BCUT2D eigenvalue weighted by molar-refractivity contribution is 6.32. The number of hydrogen-bond acceptors (Lipinski definition) is 6. The zero-order valence-corrected chi connectivity index (χ0v) is 16.3. The third-order valence-corrected chi connectivity index (χ3v) is 4.74. The smallest absolute Gasteiger partial charge is 0.255 e. The fraction of sp³-hybridized carbons (Fsp3) is 0.500. The van der Waals surface area contributed by atoms with Gasteiger partial charge >= 0.3 is 0 Å². The lowest BCUT2D eigenvalue weighted by Crippen LogP contribution is -2.37. The molecule has 2 heterocycles. The Hall–Kier alpha value is -2.32. The van der Waals surface area contributed by atoms with Crippen LogP contribution < -0.4 is 20.5 Å². The number of rotatable bonds is 8. The molecule has 1 aliphatic rings. The second kappa shape index (κ2) is 8.58. The molecule has 0 aliphatic carbocycles. The van der Waals surface area contributed by atoms with Crippen LogP contribution in [0.5, 0.6) is 11.5 Å². The Morgan fingerprint density at radius 2 is 2.30 bits per heavy atom. The van der Waals surface area contributed by atoms with Gasteiger partial charge in [0.25, 0.3) is 5.91 Å². The van der Waals surface area contributed by atoms with Gasteiger partial charge in [-0.1, -0.05) is 18.5 Å². The fourth-order valence-electron chi connectivity index (χ4n) is 3.10. The number of methoxy groups -OCH3 is 1. The number of halogens is 1. The number of benzene rings is 1. The SMILES string of the molecule is CCc1nc2n(n1)CC(NCc1cc(Cl)c(OCC(N)=O)c(OC)c1)CC2. The predicted octanol–water partition coefficient (Wildman–Crippen LogP) is 1.47. The molecule has 0 spiro atoms. The Labute approximate surface area is 163 Å². The molecule has 0 radical (unpaired) electrons. The minimum absolute atomic E-state index is 0.254. The number of aromatic nitrogens is 3. The van der Waals surface area contributed by atoms with Gasteiger partial charge in [0.2, 0.25) is 0 Å². The molecule has 1 atom stereocenters. The molecule has 0 bridgehead atoms. The molecule has 27 heavy (non-hydrogen) atoms. The Balaban J connectivity index is 1.64. The van der Waals surface area contributed by atoms with Crippen molar-refractivity contribution >= 4 is 17.5 Å². The lowest BCUT2D eigenvalue weighted by atomic mass is 10.1. The Morgan fingerprint density at radius 3 is 3.00 bits per heavy atom. The summed E-state index contributed by atoms with van der Waals surface area (Å²) in [4.78, 5) is 15.5. The molecule has 3 rings (SSSR count). The first-order chi connectivity index (χ1) is 13.0. The molecule has 1 amide bonds. The van der Waals surface area contributed by atoms with Crippen molar-refractivity contribution in [1.29, 1.82) is 0 Å². The summed E-state index contributed by atoms with van der Waals surface area (Å²) in [5, 5.41) is 8.45. The number of nitrogens with two attached hydrogens (primary N) is 1. The average Bonchev–Trinajstić information content (AvgIpc) is 3.07. The molecule has 1 aliphatic heterocycles. The van der Waals surface area contributed by atoms with Gasteiger partial charge in [-0.3, -0.25) is 4.79 Å². The van der Waals surface area contributed by atoms with Crippen LogP contribution in [0.3, 0.4) is 0 Å². The number of nitrogens with one attached hydrogen (secondary N) is 1. The van der Waals surface area contributed by atoms with Crippen molar-refractivity contribution in [2.24, 2.45) is 5.73 Å². The second-order valence-electron chi connectivity index (χ2n) is 6.46. The monoisotopic (exact) mass is 393 g/mol. The second-order valence-corrected chi connectivity index (χ2v) is 6.87. The van der Waals surface area contributed by atoms with E-state index in [4.69, 9.17) is 26.8 Å². The number of amides is 1. The van der Waals surface area contributed by atoms with Gasteiger partial charge in [0.15, 0.2) is 23.9 Å². The van der Waals surface area contributed by atoms with Crippen LogP contribution in [0.1, 0.15) is 30.6 Å². The van der Waals surface area contributed by atoms with E-state index >= 15 is 0 Å². The number of nitrogens with zero attached hydrogens (tertiary/aromatic N) is 3. The zero-order valence-electron chi connectivity index (χ0n) is 15.5. The Kier molecular flexibility index (Phi) is 6.18. The van der Waals surface area contributed by atoms with Crippen molar-refractivity contribution < 1.29 is 14.3 Å². The largest absolute Gasteiger partial charge is 0.493 e. The quantitative estimate of drug-likeness (QED) is 0.703. The minimum Gasteiger partial charge on any atom is -0.493 e. The minimum atomic E-state index is -0.574. The van der Waals surface area contributed by atoms with Crippen LogP contribution in [0.2, 0.25) is 5.02 Å². The molecule has 1 aromatic carbocycles. The third kappa shape index (κ3) is 4.70. The van der Waals surface area contributed by atoms with Gasteiger partial charge in [0.1, 0.15) is 5.82 Å². The van der Waals surface area contributed by atoms with Gasteiger partial charge < -0.3 is 20.5 Å². The molecule has 0 saturated heterocycles. The maximum atomic E-state index is 10.9. The summed E-state index contributed by atoms with van der Waals surface area (Å²) < 4.78 is 12.7. The van der Waals surface area contributed by atoms with Gasteiger partial charge in [-0.2, -0.15) is 5.10 Å².